The van der Waals surface area contributed by atoms with Crippen molar-refractivity contribution >= 4 is 11.7 Å². The zero-order valence-corrected chi connectivity index (χ0v) is 15.4. The number of nitrogens with zero attached hydrogens (tertiary/aromatic N) is 4. The predicted molar refractivity (Wildman–Crippen MR) is 105 cm³/mol. The number of carbonyl (C=O) groups excluding carboxylic acids is 1. The summed E-state index contributed by atoms with van der Waals surface area (Å²) in [4.78, 5) is 12.7. The first kappa shape index (κ1) is 17.7. The number of hydrogen-bond donors (Lipinski definition) is 1. The van der Waals surface area contributed by atoms with Gasteiger partial charge in [0.15, 0.2) is 0 Å². The number of amides is 1. The third-order valence-electron chi connectivity index (χ3n) is 4.25. The van der Waals surface area contributed by atoms with Crippen LogP contribution in [0.5, 0.6) is 0 Å². The number of aryl methyl sites for hydroxylation is 2. The molecule has 1 amide bonds. The summed E-state index contributed by atoms with van der Waals surface area (Å²) in [5.41, 5.74) is 3.85. The third-order valence-corrected chi connectivity index (χ3v) is 4.25. The lowest BCUT2D eigenvalue weighted by atomic mass is 10.2. The molecule has 4 aromatic rings. The van der Waals surface area contributed by atoms with Gasteiger partial charge in [0.2, 0.25) is 0 Å². The molecule has 0 atom stereocenters. The van der Waals surface area contributed by atoms with Crippen molar-refractivity contribution in [2.75, 3.05) is 5.32 Å². The molecular weight excluding hydrogens is 357 g/mol. The van der Waals surface area contributed by atoms with E-state index in [1.54, 1.807) is 45.9 Å². The summed E-state index contributed by atoms with van der Waals surface area (Å²) in [5.74, 6) is -0.0713. The molecule has 0 aliphatic rings. The molecule has 0 aliphatic carbocycles. The molecule has 6 nitrogen and oxygen atoms in total. The summed E-state index contributed by atoms with van der Waals surface area (Å²) in [6.07, 6.45) is 3.69. The van der Waals surface area contributed by atoms with Gasteiger partial charge in [-0.05, 0) is 67.9 Å². The van der Waals surface area contributed by atoms with Gasteiger partial charge >= 0.3 is 0 Å². The Balaban J connectivity index is 1.56. The number of rotatable bonds is 4. The van der Waals surface area contributed by atoms with Crippen molar-refractivity contribution in [3.8, 4) is 11.4 Å². The second-order valence-corrected chi connectivity index (χ2v) is 6.52. The summed E-state index contributed by atoms with van der Waals surface area (Å²) in [6.45, 7) is 3.80. The largest absolute Gasteiger partial charge is 0.306 e. The Bertz CT molecular complexity index is 1130. The highest BCUT2D eigenvalue weighted by atomic mass is 19.1. The van der Waals surface area contributed by atoms with Crippen molar-refractivity contribution < 1.29 is 9.18 Å². The Hall–Kier alpha value is -3.74. The fourth-order valence-corrected chi connectivity index (χ4v) is 2.88. The van der Waals surface area contributed by atoms with Crippen molar-refractivity contribution in [2.45, 2.75) is 13.8 Å². The molecule has 2 heterocycles. The molecule has 7 heteroatoms. The van der Waals surface area contributed by atoms with E-state index in [1.807, 2.05) is 32.2 Å². The summed E-state index contributed by atoms with van der Waals surface area (Å²) >= 11 is 0. The van der Waals surface area contributed by atoms with E-state index in [9.17, 15) is 9.18 Å². The molecule has 0 aliphatic heterocycles. The fraction of sp³-hybridized carbons (Fsp3) is 0.0952. The molecule has 0 saturated heterocycles. The van der Waals surface area contributed by atoms with E-state index in [1.165, 1.54) is 12.1 Å². The molecule has 2 aromatic carbocycles. The van der Waals surface area contributed by atoms with E-state index in [0.717, 1.165) is 16.9 Å². The fourth-order valence-electron chi connectivity index (χ4n) is 2.88. The van der Waals surface area contributed by atoms with Gasteiger partial charge in [0.25, 0.3) is 5.91 Å². The maximum Gasteiger partial charge on any atom is 0.256 e. The van der Waals surface area contributed by atoms with E-state index in [4.69, 9.17) is 0 Å². The molecule has 0 radical (unpaired) electrons. The van der Waals surface area contributed by atoms with Gasteiger partial charge in [0.05, 0.1) is 23.3 Å². The lowest BCUT2D eigenvalue weighted by molar-refractivity contribution is 0.102. The summed E-state index contributed by atoms with van der Waals surface area (Å²) in [7, 11) is 0. The highest BCUT2D eigenvalue weighted by Crippen LogP contribution is 2.19. The summed E-state index contributed by atoms with van der Waals surface area (Å²) in [6, 6.07) is 14.9. The third kappa shape index (κ3) is 3.55. The smallest absolute Gasteiger partial charge is 0.256 e. The van der Waals surface area contributed by atoms with Gasteiger partial charge in [-0.25, -0.2) is 13.8 Å². The number of nitrogens with one attached hydrogen (secondary N) is 1. The van der Waals surface area contributed by atoms with E-state index in [0.29, 0.717) is 17.1 Å². The first-order valence-corrected chi connectivity index (χ1v) is 8.75. The number of hydrogen-bond acceptors (Lipinski definition) is 3. The number of halogens is 1. The van der Waals surface area contributed by atoms with E-state index < -0.39 is 0 Å². The highest BCUT2D eigenvalue weighted by molar-refractivity contribution is 6.04. The minimum atomic E-state index is -0.328. The second kappa shape index (κ2) is 7.11. The van der Waals surface area contributed by atoms with Crippen molar-refractivity contribution in [3.63, 3.8) is 0 Å². The molecule has 1 N–H and O–H groups in total. The maximum atomic E-state index is 13.2. The van der Waals surface area contributed by atoms with Crippen LogP contribution in [-0.2, 0) is 0 Å². The zero-order valence-electron chi connectivity index (χ0n) is 15.4. The van der Waals surface area contributed by atoms with Crippen LogP contribution in [0.3, 0.4) is 0 Å². The molecule has 0 fully saturated rings. The predicted octanol–water partition coefficient (Wildman–Crippen LogP) is 4.07. The lowest BCUT2D eigenvalue weighted by Crippen LogP contribution is -2.15. The second-order valence-electron chi connectivity index (χ2n) is 6.52. The molecule has 140 valence electrons. The van der Waals surface area contributed by atoms with Crippen molar-refractivity contribution in [3.05, 3.63) is 89.6 Å². The summed E-state index contributed by atoms with van der Waals surface area (Å²) < 4.78 is 16.5. The standard InChI is InChI=1S/C21H18FN5O/c1-14-12-23-26(13-14)18-7-3-16(4-8-18)21(28)24-20-11-15(2)25-27(20)19-9-5-17(22)6-10-19/h3-13H,1-2H3,(H,24,28). The van der Waals surface area contributed by atoms with E-state index >= 15 is 0 Å². The SMILES string of the molecule is Cc1cnn(-c2ccc(C(=O)Nc3cc(C)nn3-c3ccc(F)cc3)cc2)c1. The molecule has 2 aromatic heterocycles. The first-order chi connectivity index (χ1) is 13.5. The Morgan fingerprint density at radius 2 is 1.68 bits per heavy atom. The normalized spacial score (nSPS) is 10.8. The van der Waals surface area contributed by atoms with Crippen molar-refractivity contribution in [1.29, 1.82) is 0 Å². The van der Waals surface area contributed by atoms with E-state index in [-0.39, 0.29) is 11.7 Å². The minimum absolute atomic E-state index is 0.258. The first-order valence-electron chi connectivity index (χ1n) is 8.75. The van der Waals surface area contributed by atoms with Crippen molar-refractivity contribution in [1.82, 2.24) is 19.6 Å². The molecule has 0 spiro atoms. The van der Waals surface area contributed by atoms with Gasteiger partial charge in [0.1, 0.15) is 11.6 Å². The monoisotopic (exact) mass is 375 g/mol. The zero-order chi connectivity index (χ0) is 19.7. The van der Waals surface area contributed by atoms with E-state index in [2.05, 4.69) is 15.5 Å². The minimum Gasteiger partial charge on any atom is -0.306 e. The Morgan fingerprint density at radius 3 is 2.32 bits per heavy atom. The van der Waals surface area contributed by atoms with Gasteiger partial charge in [-0.1, -0.05) is 0 Å². The Labute approximate surface area is 161 Å². The number of benzene rings is 2. The van der Waals surface area contributed by atoms with Gasteiger partial charge in [-0.15, -0.1) is 0 Å². The van der Waals surface area contributed by atoms with Crippen molar-refractivity contribution in [2.24, 2.45) is 0 Å². The summed E-state index contributed by atoms with van der Waals surface area (Å²) in [5, 5.41) is 11.5. The molecule has 0 saturated carbocycles. The van der Waals surface area contributed by atoms with Crippen LogP contribution in [0.1, 0.15) is 21.6 Å². The molecule has 4 rings (SSSR count). The molecule has 28 heavy (non-hydrogen) atoms. The van der Waals surface area contributed by atoms with Crippen LogP contribution >= 0.6 is 0 Å². The van der Waals surface area contributed by atoms with Gasteiger partial charge in [0, 0.05) is 17.8 Å². The Kier molecular flexibility index (Phi) is 4.49. The van der Waals surface area contributed by atoms with Gasteiger partial charge in [-0.2, -0.15) is 10.2 Å². The van der Waals surface area contributed by atoms with Gasteiger partial charge in [-0.3, -0.25) is 4.79 Å². The quantitative estimate of drug-likeness (QED) is 0.585. The molecular formula is C21H18FN5O. The highest BCUT2D eigenvalue weighted by Gasteiger charge is 2.13. The van der Waals surface area contributed by atoms with Crippen LogP contribution in [-0.4, -0.2) is 25.5 Å². The van der Waals surface area contributed by atoms with Crippen LogP contribution in [0.2, 0.25) is 0 Å². The number of anilines is 1. The lowest BCUT2D eigenvalue weighted by Gasteiger charge is -2.09. The average molecular weight is 375 g/mol. The van der Waals surface area contributed by atoms with Gasteiger partial charge < -0.3 is 5.32 Å². The topological polar surface area (TPSA) is 64.7 Å². The maximum absolute atomic E-state index is 13.2. The molecule has 0 unspecified atom stereocenters. The number of aromatic nitrogens is 4. The Morgan fingerprint density at radius 1 is 1.00 bits per heavy atom. The van der Waals surface area contributed by atoms with Crippen LogP contribution in [0.4, 0.5) is 10.2 Å². The number of carbonyl (C=O) groups is 1. The van der Waals surface area contributed by atoms with Crippen LogP contribution in [0, 0.1) is 19.7 Å². The van der Waals surface area contributed by atoms with Crippen LogP contribution < -0.4 is 5.32 Å². The molecule has 0 bridgehead atoms. The van der Waals surface area contributed by atoms with Crippen LogP contribution in [0.15, 0.2) is 67.0 Å². The van der Waals surface area contributed by atoms with Crippen LogP contribution in [0.25, 0.3) is 11.4 Å². The average Bonchev–Trinajstić information content (AvgIpc) is 3.28.